The summed E-state index contributed by atoms with van der Waals surface area (Å²) >= 11 is 2.89. The van der Waals surface area contributed by atoms with Crippen molar-refractivity contribution in [1.29, 1.82) is 0 Å². The van der Waals surface area contributed by atoms with Crippen molar-refractivity contribution >= 4 is 33.5 Å². The van der Waals surface area contributed by atoms with Gasteiger partial charge in [-0.15, -0.1) is 0 Å². The van der Waals surface area contributed by atoms with E-state index >= 15 is 0 Å². The molecule has 0 aliphatic carbocycles. The van der Waals surface area contributed by atoms with E-state index in [4.69, 9.17) is 0 Å². The van der Waals surface area contributed by atoms with Crippen LogP contribution in [0, 0.1) is 0 Å². The van der Waals surface area contributed by atoms with E-state index in [1.165, 1.54) is 19.1 Å². The van der Waals surface area contributed by atoms with Crippen molar-refractivity contribution in [3.05, 3.63) is 34.3 Å². The lowest BCUT2D eigenvalue weighted by atomic mass is 10.1. The average molecular weight is 313 g/mol. The van der Waals surface area contributed by atoms with Crippen molar-refractivity contribution in [2.45, 2.75) is 17.7 Å². The lowest BCUT2D eigenvalue weighted by Gasteiger charge is -2.12. The molecule has 0 unspecified atom stereocenters. The number of thioether (sulfide) groups is 1. The second-order valence-corrected chi connectivity index (χ2v) is 5.40. The molecule has 0 radical (unpaired) electrons. The van der Waals surface area contributed by atoms with Crippen LogP contribution in [0.4, 0.5) is 13.2 Å². The molecule has 0 saturated heterocycles. The fraction of sp³-hybridized carbons (Fsp3) is 0.300. The molecule has 0 aromatic heterocycles. The number of hydrogen-bond acceptors (Lipinski definition) is 2. The van der Waals surface area contributed by atoms with E-state index in [2.05, 4.69) is 15.9 Å². The summed E-state index contributed by atoms with van der Waals surface area (Å²) in [6.07, 6.45) is 0. The Bertz CT molecular complexity index is 375. The van der Waals surface area contributed by atoms with Gasteiger partial charge in [0.1, 0.15) is 0 Å². The smallest absolute Gasteiger partial charge is 0.293 e. The molecule has 0 spiro atoms. The highest BCUT2D eigenvalue weighted by atomic mass is 79.9. The molecule has 6 heteroatoms. The number of rotatable bonds is 3. The SMILES string of the molecule is C[C@@H](SC(F)(F)F)C(=O)c1ccc(Br)cc1. The maximum absolute atomic E-state index is 12.0. The molecule has 0 aliphatic rings. The molecular formula is C10H8BrF3OS. The lowest BCUT2D eigenvalue weighted by molar-refractivity contribution is -0.0332. The van der Waals surface area contributed by atoms with E-state index in [0.29, 0.717) is 0 Å². The molecule has 0 saturated carbocycles. The van der Waals surface area contributed by atoms with Gasteiger partial charge in [0, 0.05) is 10.0 Å². The van der Waals surface area contributed by atoms with E-state index in [1.54, 1.807) is 12.1 Å². The highest BCUT2D eigenvalue weighted by Crippen LogP contribution is 2.35. The zero-order valence-electron chi connectivity index (χ0n) is 8.22. The third-order valence-corrected chi connectivity index (χ3v) is 3.17. The van der Waals surface area contributed by atoms with Crippen LogP contribution in [0.15, 0.2) is 28.7 Å². The summed E-state index contributed by atoms with van der Waals surface area (Å²) in [5.74, 6) is -0.519. The van der Waals surface area contributed by atoms with Crippen LogP contribution in [0.25, 0.3) is 0 Å². The summed E-state index contributed by atoms with van der Waals surface area (Å²) in [7, 11) is 0. The molecule has 0 heterocycles. The van der Waals surface area contributed by atoms with Crippen molar-refractivity contribution in [1.82, 2.24) is 0 Å². The Labute approximate surface area is 104 Å². The number of halogens is 4. The normalized spacial score (nSPS) is 13.6. The molecule has 0 fully saturated rings. The Kier molecular flexibility index (Phi) is 4.43. The molecule has 0 aliphatic heterocycles. The van der Waals surface area contributed by atoms with Crippen molar-refractivity contribution in [2.75, 3.05) is 0 Å². The molecule has 0 N–H and O–H groups in total. The molecule has 1 atom stereocenters. The van der Waals surface area contributed by atoms with Crippen molar-refractivity contribution in [3.63, 3.8) is 0 Å². The minimum Gasteiger partial charge on any atom is -0.293 e. The van der Waals surface area contributed by atoms with Crippen LogP contribution >= 0.6 is 27.7 Å². The van der Waals surface area contributed by atoms with Crippen LogP contribution in [0.1, 0.15) is 17.3 Å². The molecule has 1 aromatic carbocycles. The quantitative estimate of drug-likeness (QED) is 0.775. The van der Waals surface area contributed by atoms with Crippen LogP contribution in [0.5, 0.6) is 0 Å². The first kappa shape index (κ1) is 13.6. The average Bonchev–Trinajstić information content (AvgIpc) is 2.15. The molecule has 1 nitrogen and oxygen atoms in total. The zero-order chi connectivity index (χ0) is 12.3. The number of Topliss-reactive ketones (excluding diaryl/α,β-unsaturated/α-hetero) is 1. The van der Waals surface area contributed by atoms with Gasteiger partial charge in [0.05, 0.1) is 5.25 Å². The molecule has 1 rings (SSSR count). The highest BCUT2D eigenvalue weighted by molar-refractivity contribution is 9.10. The first-order valence-electron chi connectivity index (χ1n) is 4.34. The lowest BCUT2D eigenvalue weighted by Crippen LogP contribution is -2.18. The van der Waals surface area contributed by atoms with Gasteiger partial charge < -0.3 is 0 Å². The van der Waals surface area contributed by atoms with Gasteiger partial charge >= 0.3 is 5.51 Å². The second kappa shape index (κ2) is 5.23. The summed E-state index contributed by atoms with van der Waals surface area (Å²) in [5.41, 5.74) is -4.10. The second-order valence-electron chi connectivity index (χ2n) is 3.08. The number of ketones is 1. The number of alkyl halides is 3. The third-order valence-electron chi connectivity index (χ3n) is 1.81. The fourth-order valence-electron chi connectivity index (χ4n) is 1.10. The molecular weight excluding hydrogens is 305 g/mol. The van der Waals surface area contributed by atoms with E-state index in [-0.39, 0.29) is 17.3 Å². The van der Waals surface area contributed by atoms with Gasteiger partial charge in [0.2, 0.25) is 0 Å². The van der Waals surface area contributed by atoms with Crippen molar-refractivity contribution in [2.24, 2.45) is 0 Å². The minimum atomic E-state index is -4.38. The number of benzene rings is 1. The van der Waals surface area contributed by atoms with Crippen LogP contribution in [-0.2, 0) is 0 Å². The summed E-state index contributed by atoms with van der Waals surface area (Å²) in [4.78, 5) is 11.6. The molecule has 88 valence electrons. The summed E-state index contributed by atoms with van der Waals surface area (Å²) in [6, 6.07) is 6.25. The van der Waals surface area contributed by atoms with Crippen LogP contribution in [-0.4, -0.2) is 16.5 Å². The Hall–Kier alpha value is -0.490. The largest absolute Gasteiger partial charge is 0.442 e. The maximum atomic E-state index is 12.0. The Balaban J connectivity index is 2.74. The molecule has 16 heavy (non-hydrogen) atoms. The summed E-state index contributed by atoms with van der Waals surface area (Å²) in [5, 5.41) is -1.12. The molecule has 1 aromatic rings. The van der Waals surface area contributed by atoms with Gasteiger partial charge in [0.25, 0.3) is 0 Å². The van der Waals surface area contributed by atoms with E-state index in [0.717, 1.165) is 4.47 Å². The van der Waals surface area contributed by atoms with Crippen molar-refractivity contribution in [3.8, 4) is 0 Å². The van der Waals surface area contributed by atoms with Gasteiger partial charge in [-0.25, -0.2) is 0 Å². The fourth-order valence-corrected chi connectivity index (χ4v) is 2.01. The zero-order valence-corrected chi connectivity index (χ0v) is 10.6. The molecule has 0 bridgehead atoms. The maximum Gasteiger partial charge on any atom is 0.442 e. The standard InChI is InChI=1S/C10H8BrF3OS/c1-6(16-10(12,13)14)9(15)7-2-4-8(11)5-3-7/h2-6H,1H3/t6-/m1/s1. The number of hydrogen-bond donors (Lipinski definition) is 0. The van der Waals surface area contributed by atoms with Crippen LogP contribution in [0.2, 0.25) is 0 Å². The van der Waals surface area contributed by atoms with Gasteiger partial charge in [0.15, 0.2) is 5.78 Å². The number of carbonyl (C=O) groups excluding carboxylic acids is 1. The minimum absolute atomic E-state index is 0.285. The summed E-state index contributed by atoms with van der Waals surface area (Å²) in [6.45, 7) is 1.25. The Morgan fingerprint density at radius 1 is 1.31 bits per heavy atom. The van der Waals surface area contributed by atoms with Crippen molar-refractivity contribution < 1.29 is 18.0 Å². The Morgan fingerprint density at radius 3 is 2.25 bits per heavy atom. The predicted octanol–water partition coefficient (Wildman–Crippen LogP) is 4.27. The van der Waals surface area contributed by atoms with Gasteiger partial charge in [-0.3, -0.25) is 4.79 Å². The summed E-state index contributed by atoms with van der Waals surface area (Å²) < 4.78 is 36.9. The highest BCUT2D eigenvalue weighted by Gasteiger charge is 2.34. The topological polar surface area (TPSA) is 17.1 Å². The Morgan fingerprint density at radius 2 is 1.81 bits per heavy atom. The van der Waals surface area contributed by atoms with Crippen LogP contribution < -0.4 is 0 Å². The first-order chi connectivity index (χ1) is 7.29. The monoisotopic (exact) mass is 312 g/mol. The van der Waals surface area contributed by atoms with E-state index in [9.17, 15) is 18.0 Å². The van der Waals surface area contributed by atoms with Gasteiger partial charge in [-0.05, 0) is 30.8 Å². The van der Waals surface area contributed by atoms with Gasteiger partial charge in [-0.2, -0.15) is 13.2 Å². The van der Waals surface area contributed by atoms with E-state index < -0.39 is 16.5 Å². The predicted molar refractivity (Wildman–Crippen MR) is 61.6 cm³/mol. The van der Waals surface area contributed by atoms with Crippen LogP contribution in [0.3, 0.4) is 0 Å². The van der Waals surface area contributed by atoms with Gasteiger partial charge in [-0.1, -0.05) is 28.1 Å². The third kappa shape index (κ3) is 4.17. The number of carbonyl (C=O) groups is 1. The van der Waals surface area contributed by atoms with E-state index in [1.807, 2.05) is 0 Å². The first-order valence-corrected chi connectivity index (χ1v) is 6.01. The molecule has 0 amide bonds.